The lowest BCUT2D eigenvalue weighted by atomic mass is 10.1. The molecule has 1 aliphatic rings. The average molecular weight is 333 g/mol. The van der Waals surface area contributed by atoms with E-state index < -0.39 is 47.5 Å². The van der Waals surface area contributed by atoms with Crippen molar-refractivity contribution in [2.45, 2.75) is 25.4 Å². The van der Waals surface area contributed by atoms with Gasteiger partial charge in [0.25, 0.3) is 0 Å². The molecule has 0 aliphatic carbocycles. The van der Waals surface area contributed by atoms with Gasteiger partial charge in [0.2, 0.25) is 5.91 Å². The number of likely N-dealkylation sites (tertiary alicyclic amines) is 1. The third-order valence-electron chi connectivity index (χ3n) is 3.68. The third-order valence-corrected chi connectivity index (χ3v) is 3.68. The number of halogens is 4. The van der Waals surface area contributed by atoms with E-state index in [1.807, 2.05) is 0 Å². The first kappa shape index (κ1) is 17.0. The Balaban J connectivity index is 2.09. The summed E-state index contributed by atoms with van der Waals surface area (Å²) in [5, 5.41) is 4.60. The second kappa shape index (κ2) is 6.84. The smallest absolute Gasteiger partial charge is 0.318 e. The molecule has 1 heterocycles. The van der Waals surface area contributed by atoms with Gasteiger partial charge in [-0.25, -0.2) is 22.4 Å². The molecule has 23 heavy (non-hydrogen) atoms. The number of hydrogen-bond donors (Lipinski definition) is 2. The topological polar surface area (TPSA) is 61.4 Å². The number of rotatable bonds is 3. The van der Waals surface area contributed by atoms with Gasteiger partial charge in [-0.3, -0.25) is 4.79 Å². The van der Waals surface area contributed by atoms with E-state index in [0.29, 0.717) is 19.4 Å². The molecule has 0 spiro atoms. The van der Waals surface area contributed by atoms with E-state index in [2.05, 4.69) is 10.6 Å². The van der Waals surface area contributed by atoms with E-state index in [4.69, 9.17) is 0 Å². The fourth-order valence-electron chi connectivity index (χ4n) is 2.49. The second-order valence-electron chi connectivity index (χ2n) is 5.07. The Hall–Kier alpha value is -2.32. The molecule has 5 nitrogen and oxygen atoms in total. The number of urea groups is 1. The van der Waals surface area contributed by atoms with Crippen LogP contribution in [0.2, 0.25) is 0 Å². The molecule has 2 N–H and O–H groups in total. The van der Waals surface area contributed by atoms with E-state index in [-0.39, 0.29) is 12.0 Å². The van der Waals surface area contributed by atoms with Crippen LogP contribution in [0.25, 0.3) is 0 Å². The molecule has 1 aromatic carbocycles. The minimum absolute atomic E-state index is 0.0953. The minimum Gasteiger partial charge on any atom is -0.357 e. The van der Waals surface area contributed by atoms with Gasteiger partial charge in [0.05, 0.1) is 6.54 Å². The summed E-state index contributed by atoms with van der Waals surface area (Å²) in [5.41, 5.74) is -0.911. The highest BCUT2D eigenvalue weighted by Gasteiger charge is 2.33. The molecule has 1 aromatic rings. The van der Waals surface area contributed by atoms with Crippen LogP contribution >= 0.6 is 0 Å². The van der Waals surface area contributed by atoms with Gasteiger partial charge in [0, 0.05) is 25.2 Å². The zero-order chi connectivity index (χ0) is 17.1. The van der Waals surface area contributed by atoms with Crippen molar-refractivity contribution in [2.75, 3.05) is 13.6 Å². The summed E-state index contributed by atoms with van der Waals surface area (Å²) in [6.07, 6.45) is 1.06. The van der Waals surface area contributed by atoms with Crippen LogP contribution in [-0.4, -0.2) is 36.5 Å². The molecule has 2 rings (SSSR count). The lowest BCUT2D eigenvalue weighted by Crippen LogP contribution is -2.48. The maximum Gasteiger partial charge on any atom is 0.318 e. The molecule has 0 bridgehead atoms. The first-order valence-corrected chi connectivity index (χ1v) is 6.94. The van der Waals surface area contributed by atoms with Crippen LogP contribution in [0.1, 0.15) is 18.4 Å². The number of hydrogen-bond acceptors (Lipinski definition) is 2. The number of benzene rings is 1. The summed E-state index contributed by atoms with van der Waals surface area (Å²) in [4.78, 5) is 24.9. The van der Waals surface area contributed by atoms with Crippen LogP contribution < -0.4 is 10.6 Å². The van der Waals surface area contributed by atoms with Gasteiger partial charge in [-0.15, -0.1) is 0 Å². The van der Waals surface area contributed by atoms with Crippen LogP contribution in [0, 0.1) is 23.3 Å². The van der Waals surface area contributed by atoms with Crippen LogP contribution in [0.15, 0.2) is 6.07 Å². The summed E-state index contributed by atoms with van der Waals surface area (Å²) < 4.78 is 53.2. The van der Waals surface area contributed by atoms with Gasteiger partial charge < -0.3 is 15.5 Å². The van der Waals surface area contributed by atoms with E-state index in [0.717, 1.165) is 0 Å². The van der Waals surface area contributed by atoms with E-state index in [9.17, 15) is 27.2 Å². The Kier molecular flexibility index (Phi) is 5.07. The van der Waals surface area contributed by atoms with Gasteiger partial charge in [-0.05, 0) is 12.8 Å². The molecule has 1 fully saturated rings. The molecule has 0 aromatic heterocycles. The number of nitrogens with zero attached hydrogens (tertiary/aromatic N) is 1. The Morgan fingerprint density at radius 2 is 1.83 bits per heavy atom. The molecular weight excluding hydrogens is 318 g/mol. The van der Waals surface area contributed by atoms with Crippen LogP contribution in [0.4, 0.5) is 22.4 Å². The first-order chi connectivity index (χ1) is 10.9. The van der Waals surface area contributed by atoms with Crippen LogP contribution in [0.5, 0.6) is 0 Å². The van der Waals surface area contributed by atoms with Gasteiger partial charge in [0.1, 0.15) is 6.04 Å². The van der Waals surface area contributed by atoms with Crippen molar-refractivity contribution >= 4 is 11.9 Å². The number of carbonyl (C=O) groups is 2. The number of amides is 3. The van der Waals surface area contributed by atoms with Gasteiger partial charge in [-0.1, -0.05) is 0 Å². The molecule has 1 aliphatic heterocycles. The average Bonchev–Trinajstić information content (AvgIpc) is 3.01. The van der Waals surface area contributed by atoms with Crippen molar-refractivity contribution in [1.29, 1.82) is 0 Å². The Morgan fingerprint density at radius 3 is 2.39 bits per heavy atom. The fraction of sp³-hybridized carbons (Fsp3) is 0.429. The van der Waals surface area contributed by atoms with Crippen LogP contribution in [-0.2, 0) is 11.3 Å². The lowest BCUT2D eigenvalue weighted by molar-refractivity contribution is -0.124. The molecule has 1 atom stereocenters. The summed E-state index contributed by atoms with van der Waals surface area (Å²) >= 11 is 0. The SMILES string of the molecule is CNC(=O)[C@H]1CCCN1C(=O)NCc1c(F)c(F)cc(F)c1F. The summed E-state index contributed by atoms with van der Waals surface area (Å²) in [6, 6.07) is -1.32. The van der Waals surface area contributed by atoms with E-state index in [1.54, 1.807) is 0 Å². The predicted octanol–water partition coefficient (Wildman–Crippen LogP) is 1.66. The van der Waals surface area contributed by atoms with Crippen molar-refractivity contribution in [3.8, 4) is 0 Å². The molecule has 126 valence electrons. The molecule has 0 radical (unpaired) electrons. The second-order valence-corrected chi connectivity index (χ2v) is 5.07. The third kappa shape index (κ3) is 3.38. The monoisotopic (exact) mass is 333 g/mol. The van der Waals surface area contributed by atoms with Gasteiger partial charge in [0.15, 0.2) is 23.3 Å². The molecular formula is C14H15F4N3O2. The number of carbonyl (C=O) groups excluding carboxylic acids is 2. The highest BCUT2D eigenvalue weighted by Crippen LogP contribution is 2.20. The van der Waals surface area contributed by atoms with Gasteiger partial charge >= 0.3 is 6.03 Å². The van der Waals surface area contributed by atoms with Crippen molar-refractivity contribution in [3.05, 3.63) is 34.9 Å². The summed E-state index contributed by atoms with van der Waals surface area (Å²) in [7, 11) is 1.43. The zero-order valence-electron chi connectivity index (χ0n) is 12.3. The minimum atomic E-state index is -1.56. The predicted molar refractivity (Wildman–Crippen MR) is 72.3 cm³/mol. The Morgan fingerprint density at radius 1 is 1.22 bits per heavy atom. The fourth-order valence-corrected chi connectivity index (χ4v) is 2.49. The van der Waals surface area contributed by atoms with Crippen molar-refractivity contribution in [1.82, 2.24) is 15.5 Å². The lowest BCUT2D eigenvalue weighted by Gasteiger charge is -2.23. The summed E-state index contributed by atoms with van der Waals surface area (Å²) in [6.45, 7) is -0.436. The van der Waals surface area contributed by atoms with Crippen LogP contribution in [0.3, 0.4) is 0 Å². The maximum absolute atomic E-state index is 13.5. The Labute approximate surface area is 129 Å². The molecule has 0 saturated carbocycles. The standard InChI is InChI=1S/C14H15F4N3O2/c1-19-13(22)10-3-2-4-21(10)14(23)20-6-7-11(17)8(15)5-9(16)12(7)18/h5,10H,2-4,6H2,1H3,(H,19,22)(H,20,23)/t10-/m1/s1. The first-order valence-electron chi connectivity index (χ1n) is 6.94. The molecule has 0 unspecified atom stereocenters. The quantitative estimate of drug-likeness (QED) is 0.653. The normalized spacial score (nSPS) is 17.3. The van der Waals surface area contributed by atoms with Gasteiger partial charge in [-0.2, -0.15) is 0 Å². The number of likely N-dealkylation sites (N-methyl/N-ethyl adjacent to an activating group) is 1. The van der Waals surface area contributed by atoms with Crippen molar-refractivity contribution in [3.63, 3.8) is 0 Å². The molecule has 9 heteroatoms. The number of nitrogens with one attached hydrogen (secondary N) is 2. The largest absolute Gasteiger partial charge is 0.357 e. The van der Waals surface area contributed by atoms with Crippen molar-refractivity contribution in [2.24, 2.45) is 0 Å². The molecule has 3 amide bonds. The van der Waals surface area contributed by atoms with E-state index in [1.165, 1.54) is 11.9 Å². The molecule has 1 saturated heterocycles. The highest BCUT2D eigenvalue weighted by atomic mass is 19.2. The van der Waals surface area contributed by atoms with E-state index >= 15 is 0 Å². The summed E-state index contributed by atoms with van der Waals surface area (Å²) in [5.74, 6) is -6.57. The Bertz CT molecular complexity index is 613. The highest BCUT2D eigenvalue weighted by molar-refractivity contribution is 5.87. The zero-order valence-corrected chi connectivity index (χ0v) is 12.3. The maximum atomic E-state index is 13.5. The van der Waals surface area contributed by atoms with Crippen molar-refractivity contribution < 1.29 is 27.2 Å².